The molecule has 1 amide bonds. The van der Waals surface area contributed by atoms with Gasteiger partial charge in [-0.1, -0.05) is 26.8 Å². The van der Waals surface area contributed by atoms with Crippen molar-refractivity contribution in [1.29, 1.82) is 0 Å². The Kier molecular flexibility index (Phi) is 5.99. The summed E-state index contributed by atoms with van der Waals surface area (Å²) >= 11 is 0. The molecule has 0 atom stereocenters. The summed E-state index contributed by atoms with van der Waals surface area (Å²) in [6.45, 7) is 7.08. The lowest BCUT2D eigenvalue weighted by atomic mass is 9.92. The Morgan fingerprint density at radius 2 is 1.93 bits per heavy atom. The number of ether oxygens (including phenoxy) is 1. The van der Waals surface area contributed by atoms with Gasteiger partial charge in [-0.15, -0.1) is 0 Å². The van der Waals surface area contributed by atoms with Crippen LogP contribution < -0.4 is 10.1 Å². The molecule has 2 aromatic heterocycles. The van der Waals surface area contributed by atoms with E-state index >= 15 is 0 Å². The van der Waals surface area contributed by atoms with Gasteiger partial charge in [-0.3, -0.25) is 4.79 Å². The zero-order chi connectivity index (χ0) is 20.0. The Morgan fingerprint density at radius 3 is 2.68 bits per heavy atom. The maximum Gasteiger partial charge on any atom is 0.251 e. The number of nitrogens with zero attached hydrogens (tertiary/aromatic N) is 3. The number of rotatable bonds is 6. The zero-order valence-electron chi connectivity index (χ0n) is 16.3. The van der Waals surface area contributed by atoms with Crippen LogP contribution in [0.4, 0.5) is 0 Å². The molecule has 28 heavy (non-hydrogen) atoms. The van der Waals surface area contributed by atoms with E-state index in [4.69, 9.17) is 4.74 Å². The Labute approximate surface area is 165 Å². The van der Waals surface area contributed by atoms with Crippen LogP contribution in [0, 0.1) is 5.41 Å². The highest BCUT2D eigenvalue weighted by molar-refractivity contribution is 5.94. The molecule has 0 fully saturated rings. The molecule has 0 bridgehead atoms. The third-order valence-corrected chi connectivity index (χ3v) is 4.10. The first-order valence-electron chi connectivity index (χ1n) is 9.20. The van der Waals surface area contributed by atoms with Crippen LogP contribution >= 0.6 is 0 Å². The smallest absolute Gasteiger partial charge is 0.251 e. The van der Waals surface area contributed by atoms with Crippen LogP contribution in [0.25, 0.3) is 11.3 Å². The lowest BCUT2D eigenvalue weighted by molar-refractivity contribution is 0.0949. The second kappa shape index (κ2) is 8.61. The van der Waals surface area contributed by atoms with Crippen molar-refractivity contribution in [1.82, 2.24) is 20.3 Å². The minimum atomic E-state index is -0.119. The molecule has 0 saturated heterocycles. The predicted molar refractivity (Wildman–Crippen MR) is 108 cm³/mol. The first-order chi connectivity index (χ1) is 13.4. The van der Waals surface area contributed by atoms with Crippen molar-refractivity contribution in [3.8, 4) is 22.9 Å². The largest absolute Gasteiger partial charge is 0.438 e. The fraction of sp³-hybridized carbons (Fsp3) is 0.273. The summed E-state index contributed by atoms with van der Waals surface area (Å²) in [5.41, 5.74) is 2.19. The quantitative estimate of drug-likeness (QED) is 0.685. The molecule has 6 nitrogen and oxygen atoms in total. The van der Waals surface area contributed by atoms with Gasteiger partial charge in [-0.25, -0.2) is 15.0 Å². The standard InChI is InChI=1S/C22H24N4O2/c1-22(2,3)10-13-24-20(27)16-6-4-7-17(14-16)28-21-18(8-5-11-25-21)19-9-12-23-15-26-19/h4-9,11-12,14-15H,10,13H2,1-3H3,(H,24,27). The Balaban J connectivity index is 1.75. The van der Waals surface area contributed by atoms with Crippen molar-refractivity contribution in [3.63, 3.8) is 0 Å². The number of hydrogen-bond acceptors (Lipinski definition) is 5. The lowest BCUT2D eigenvalue weighted by Crippen LogP contribution is -2.27. The Bertz CT molecular complexity index is 937. The highest BCUT2D eigenvalue weighted by Gasteiger charge is 2.13. The van der Waals surface area contributed by atoms with E-state index in [1.54, 1.807) is 42.7 Å². The Hall–Kier alpha value is -3.28. The number of carbonyl (C=O) groups excluding carboxylic acids is 1. The SMILES string of the molecule is CC(C)(C)CCNC(=O)c1cccc(Oc2ncccc2-c2ccncn2)c1. The number of hydrogen-bond donors (Lipinski definition) is 1. The summed E-state index contributed by atoms with van der Waals surface area (Å²) in [5, 5.41) is 2.96. The number of amides is 1. The predicted octanol–water partition coefficient (Wildman–Crippen LogP) is 4.50. The molecule has 144 valence electrons. The maximum absolute atomic E-state index is 12.4. The van der Waals surface area contributed by atoms with Gasteiger partial charge in [-0.05, 0) is 48.2 Å². The monoisotopic (exact) mass is 376 g/mol. The fourth-order valence-corrected chi connectivity index (χ4v) is 2.58. The average Bonchev–Trinajstić information content (AvgIpc) is 2.68. The third kappa shape index (κ3) is 5.36. The molecule has 0 spiro atoms. The van der Waals surface area contributed by atoms with Gasteiger partial charge < -0.3 is 10.1 Å². The highest BCUT2D eigenvalue weighted by Crippen LogP contribution is 2.30. The van der Waals surface area contributed by atoms with Crippen molar-refractivity contribution in [2.75, 3.05) is 6.54 Å². The summed E-state index contributed by atoms with van der Waals surface area (Å²) in [6, 6.07) is 12.6. The van der Waals surface area contributed by atoms with Gasteiger partial charge in [0.05, 0.1) is 11.3 Å². The van der Waals surface area contributed by atoms with Crippen LogP contribution in [0.1, 0.15) is 37.6 Å². The zero-order valence-corrected chi connectivity index (χ0v) is 16.3. The summed E-state index contributed by atoms with van der Waals surface area (Å²) in [4.78, 5) is 24.9. The molecule has 3 rings (SSSR count). The first-order valence-corrected chi connectivity index (χ1v) is 9.20. The van der Waals surface area contributed by atoms with Crippen molar-refractivity contribution >= 4 is 5.91 Å². The molecule has 2 heterocycles. The van der Waals surface area contributed by atoms with E-state index in [1.165, 1.54) is 6.33 Å². The van der Waals surface area contributed by atoms with E-state index < -0.39 is 0 Å². The van der Waals surface area contributed by atoms with E-state index in [2.05, 4.69) is 41.0 Å². The topological polar surface area (TPSA) is 77.0 Å². The average molecular weight is 376 g/mol. The molecule has 1 N–H and O–H groups in total. The molecule has 0 aliphatic carbocycles. The van der Waals surface area contributed by atoms with Gasteiger partial charge in [0.1, 0.15) is 12.1 Å². The van der Waals surface area contributed by atoms with Gasteiger partial charge in [0.25, 0.3) is 5.91 Å². The molecule has 3 aromatic rings. The van der Waals surface area contributed by atoms with Crippen molar-refractivity contribution in [3.05, 3.63) is 66.7 Å². The molecular weight excluding hydrogens is 352 g/mol. The normalized spacial score (nSPS) is 11.1. The summed E-state index contributed by atoms with van der Waals surface area (Å²) in [6.07, 6.45) is 5.71. The first kappa shape index (κ1) is 19.5. The van der Waals surface area contributed by atoms with Gasteiger partial charge >= 0.3 is 0 Å². The van der Waals surface area contributed by atoms with Crippen LogP contribution in [0.2, 0.25) is 0 Å². The van der Waals surface area contributed by atoms with Gasteiger partial charge in [0.15, 0.2) is 0 Å². The van der Waals surface area contributed by atoms with Crippen LogP contribution in [0.5, 0.6) is 11.6 Å². The van der Waals surface area contributed by atoms with E-state index in [-0.39, 0.29) is 11.3 Å². The number of carbonyl (C=O) groups is 1. The second-order valence-electron chi connectivity index (χ2n) is 7.65. The van der Waals surface area contributed by atoms with Crippen molar-refractivity contribution in [2.24, 2.45) is 5.41 Å². The number of benzene rings is 1. The Morgan fingerprint density at radius 1 is 1.07 bits per heavy atom. The van der Waals surface area contributed by atoms with Crippen molar-refractivity contribution < 1.29 is 9.53 Å². The van der Waals surface area contributed by atoms with Crippen LogP contribution in [0.15, 0.2) is 61.2 Å². The molecule has 6 heteroatoms. The third-order valence-electron chi connectivity index (χ3n) is 4.10. The summed E-state index contributed by atoms with van der Waals surface area (Å²) in [5.74, 6) is 0.843. The second-order valence-corrected chi connectivity index (χ2v) is 7.65. The fourth-order valence-electron chi connectivity index (χ4n) is 2.58. The summed E-state index contributed by atoms with van der Waals surface area (Å²) < 4.78 is 5.96. The van der Waals surface area contributed by atoms with Gasteiger partial charge in [0.2, 0.25) is 5.88 Å². The van der Waals surface area contributed by atoms with E-state index in [1.807, 2.05) is 12.1 Å². The maximum atomic E-state index is 12.4. The highest BCUT2D eigenvalue weighted by atomic mass is 16.5. The molecule has 0 unspecified atom stereocenters. The number of aromatic nitrogens is 3. The molecule has 0 radical (unpaired) electrons. The molecule has 0 saturated carbocycles. The molecule has 1 aromatic carbocycles. The van der Waals surface area contributed by atoms with Crippen molar-refractivity contribution in [2.45, 2.75) is 27.2 Å². The van der Waals surface area contributed by atoms with Crippen LogP contribution in [-0.2, 0) is 0 Å². The van der Waals surface area contributed by atoms with Crippen LogP contribution in [-0.4, -0.2) is 27.4 Å². The molecular formula is C22H24N4O2. The lowest BCUT2D eigenvalue weighted by Gasteiger charge is -2.18. The summed E-state index contributed by atoms with van der Waals surface area (Å²) in [7, 11) is 0. The number of pyridine rings is 1. The minimum Gasteiger partial charge on any atom is -0.438 e. The molecule has 0 aliphatic heterocycles. The molecule has 0 aliphatic rings. The van der Waals surface area contributed by atoms with Crippen LogP contribution in [0.3, 0.4) is 0 Å². The van der Waals surface area contributed by atoms with Gasteiger partial charge in [-0.2, -0.15) is 0 Å². The minimum absolute atomic E-state index is 0.119. The van der Waals surface area contributed by atoms with E-state index in [9.17, 15) is 4.79 Å². The van der Waals surface area contributed by atoms with E-state index in [0.717, 1.165) is 12.0 Å². The van der Waals surface area contributed by atoms with Gasteiger partial charge in [0, 0.05) is 24.5 Å². The van der Waals surface area contributed by atoms with E-state index in [0.29, 0.717) is 29.4 Å². The number of nitrogens with one attached hydrogen (secondary N) is 1.